The van der Waals surface area contributed by atoms with Gasteiger partial charge in [0.1, 0.15) is 11.1 Å². The van der Waals surface area contributed by atoms with E-state index in [2.05, 4.69) is 142 Å². The van der Waals surface area contributed by atoms with Gasteiger partial charge in [0.05, 0.1) is 26.9 Å². The number of furan rings is 1. The molecule has 582 valence electrons. The van der Waals surface area contributed by atoms with Crippen molar-refractivity contribution in [3.63, 3.8) is 0 Å². The van der Waals surface area contributed by atoms with Gasteiger partial charge >= 0.3 is 66.0 Å². The summed E-state index contributed by atoms with van der Waals surface area (Å²) >= 11 is 24.2. The monoisotopic (exact) mass is 1780 g/mol. The number of nitrogens with zero attached hydrogens (tertiary/aromatic N) is 9. The van der Waals surface area contributed by atoms with Crippen molar-refractivity contribution in [2.45, 2.75) is 84.4 Å². The summed E-state index contributed by atoms with van der Waals surface area (Å²) in [5.74, 6) is 0. The normalized spacial score (nSPS) is 11.5. The summed E-state index contributed by atoms with van der Waals surface area (Å²) in [6.45, 7) is 7.68. The first-order valence-electron chi connectivity index (χ1n) is 37.7. The third-order valence-electron chi connectivity index (χ3n) is 20.3. The maximum Gasteiger partial charge on any atom is 2.00 e. The molecule has 19 aromatic rings. The van der Waals surface area contributed by atoms with Crippen molar-refractivity contribution >= 4 is 126 Å². The molecule has 1 aliphatic rings. The molecule has 0 bridgehead atoms. The predicted molar refractivity (Wildman–Crippen MR) is 469 cm³/mol. The van der Waals surface area contributed by atoms with Crippen molar-refractivity contribution in [1.29, 1.82) is 0 Å². The summed E-state index contributed by atoms with van der Waals surface area (Å²) in [5.41, 5.74) is 26.2. The van der Waals surface area contributed by atoms with Crippen molar-refractivity contribution in [1.82, 2.24) is 44.4 Å². The fourth-order valence-electron chi connectivity index (χ4n) is 15.4. The van der Waals surface area contributed by atoms with Crippen molar-refractivity contribution in [2.75, 3.05) is 0 Å². The van der Waals surface area contributed by atoms with Crippen LogP contribution in [-0.4, -0.2) is 44.4 Å². The van der Waals surface area contributed by atoms with Gasteiger partial charge in [0, 0.05) is 103 Å². The molecule has 20 rings (SSSR count). The van der Waals surface area contributed by atoms with Gasteiger partial charge in [-0.15, -0.1) is 108 Å². The molecule has 0 spiro atoms. The van der Waals surface area contributed by atoms with Crippen molar-refractivity contribution < 1.29 is 70.4 Å². The Kier molecular flexibility index (Phi) is 27.4. The largest absolute Gasteiger partial charge is 2.00 e. The first kappa shape index (κ1) is 84.5. The van der Waals surface area contributed by atoms with Crippen molar-refractivity contribution in [3.8, 4) is 101 Å². The van der Waals surface area contributed by atoms with E-state index in [0.717, 1.165) is 219 Å². The molecule has 0 amide bonds. The topological polar surface area (TPSA) is 121 Å². The molecule has 10 nitrogen and oxygen atoms in total. The number of rotatable bonds is 14. The second-order valence-corrected chi connectivity index (χ2v) is 30.4. The van der Waals surface area contributed by atoms with Crippen LogP contribution >= 0.6 is 11.3 Å². The molecular weight excluding hydrogens is 1710 g/mol. The summed E-state index contributed by atoms with van der Waals surface area (Å²) < 4.78 is 10.5. The van der Waals surface area contributed by atoms with Crippen LogP contribution in [0.3, 0.4) is 0 Å². The summed E-state index contributed by atoms with van der Waals surface area (Å²) in [6.07, 6.45) is 12.7. The number of thiophene rings is 1. The zero-order valence-electron chi connectivity index (χ0n) is 63.2. The average Bonchev–Trinajstić information content (AvgIpc) is 1.54. The standard InChI is InChI=1S/C29H27N2S.C25H20N3S.C22H13N2OS.C22H13N2S2.4Ni/c1-3-16-29(17-4-2)22-11-8-13-26(32)27(22)28-23(29)14-15-25(31-28)21-10-7-9-20(19-21)24-12-5-6-18-30-24;1-2-15-28-21-10-6-11-23(29)24(21)25-22(28)13-12-20(27-25)18-8-5-7-17(16-18)19-9-3-4-14-26-19;26-20-9-4-8-18-21(20)22-19(25-18)11-10-17(24-22)15-6-3-5-14(13-15)16-7-1-2-12-23-16;25-18-8-4-9-19-21(18)22-20(26-19)11-10-17(24-22)15-6-3-5-14(13-15)16-7-1-2-12-23-16;;;;/h5-15,18,32H,3-4,16-17H2,1-2H3;3-14,29H,2,15H2,1H3;1-12,26H;1-12,25H;;;;/q4*-1;4*+2/p-4. The quantitative estimate of drug-likeness (QED) is 0.0584. The van der Waals surface area contributed by atoms with Gasteiger partial charge in [0.15, 0.2) is 5.58 Å². The van der Waals surface area contributed by atoms with Crippen LogP contribution in [0.1, 0.15) is 64.0 Å². The predicted octanol–water partition coefficient (Wildman–Crippen LogP) is 24.7. The molecule has 0 N–H and O–H groups in total. The maximum absolute atomic E-state index is 5.87. The van der Waals surface area contributed by atoms with Crippen LogP contribution in [0, 0.1) is 24.3 Å². The van der Waals surface area contributed by atoms with E-state index in [1.165, 1.54) is 15.8 Å². The number of aryl methyl sites for hydroxylation is 1. The molecular formula is C98H69N9Ni4OS5. The van der Waals surface area contributed by atoms with Crippen LogP contribution in [0.5, 0.6) is 0 Å². The molecule has 0 fully saturated rings. The molecule has 0 aliphatic heterocycles. The maximum atomic E-state index is 5.87. The second kappa shape index (κ2) is 37.9. The van der Waals surface area contributed by atoms with Crippen LogP contribution in [0.2, 0.25) is 0 Å². The number of benzene rings is 8. The van der Waals surface area contributed by atoms with Crippen LogP contribution in [0.25, 0.3) is 166 Å². The minimum absolute atomic E-state index is 0. The van der Waals surface area contributed by atoms with Crippen LogP contribution in [0.15, 0.2) is 316 Å². The fraction of sp³-hybridized carbons (Fsp3) is 0.102. The molecule has 8 aromatic carbocycles. The Morgan fingerprint density at radius 2 is 0.744 bits per heavy atom. The first-order chi connectivity index (χ1) is 55.5. The SMILES string of the molecule is CCCC1(CCC)c2ccc(-c3[c-]c(-c4ccccn4)ccc3)nc2-c2c([S-])cccc21.CCCn1c2ccc(-c3[c-]c(-c4ccccn4)ccc3)nc2c2c([S-])cccc21.[Ni+2].[Ni+2].[Ni+2].[Ni+2].[S-]c1cccc2oc3ccc(-c4[c-]c(-c5ccccn5)ccc4)nc3c12.[S-]c1cccc2sc3ccc(-c4[c-]c(-c5ccccn5)ccc4)nc3c12. The number of hydrogen-bond acceptors (Lipinski definition) is 14. The van der Waals surface area contributed by atoms with Gasteiger partial charge in [0.2, 0.25) is 0 Å². The molecule has 0 saturated carbocycles. The van der Waals surface area contributed by atoms with E-state index in [0.29, 0.717) is 0 Å². The van der Waals surface area contributed by atoms with Crippen LogP contribution in [-0.2, 0) is 128 Å². The molecule has 0 saturated heterocycles. The number of hydrogen-bond donors (Lipinski definition) is 0. The third kappa shape index (κ3) is 17.2. The summed E-state index contributed by atoms with van der Waals surface area (Å²) in [7, 11) is 0. The van der Waals surface area contributed by atoms with Gasteiger partial charge in [-0.2, -0.15) is 19.6 Å². The Morgan fingerprint density at radius 3 is 1.25 bits per heavy atom. The van der Waals surface area contributed by atoms with E-state index < -0.39 is 0 Å². The fourth-order valence-corrected chi connectivity index (χ4v) is 17.6. The zero-order valence-corrected chi connectivity index (χ0v) is 71.2. The summed E-state index contributed by atoms with van der Waals surface area (Å²) in [5, 5.41) is 3.03. The molecule has 11 aromatic heterocycles. The van der Waals surface area contributed by atoms with E-state index in [9.17, 15) is 0 Å². The summed E-state index contributed by atoms with van der Waals surface area (Å²) in [6, 6.07) is 103. The Labute approximate surface area is 746 Å². The van der Waals surface area contributed by atoms with Crippen molar-refractivity contribution in [3.05, 3.63) is 327 Å². The van der Waals surface area contributed by atoms with E-state index in [1.54, 1.807) is 29.9 Å². The molecule has 117 heavy (non-hydrogen) atoms. The van der Waals surface area contributed by atoms with Gasteiger partial charge in [-0.05, 0) is 102 Å². The first-order valence-corrected chi connectivity index (χ1v) is 40.1. The second-order valence-electron chi connectivity index (χ2n) is 27.5. The Hall–Kier alpha value is -10.4. The van der Waals surface area contributed by atoms with Crippen molar-refractivity contribution in [2.24, 2.45) is 0 Å². The van der Waals surface area contributed by atoms with E-state index in [1.807, 2.05) is 200 Å². The zero-order chi connectivity index (χ0) is 76.9. The van der Waals surface area contributed by atoms with Gasteiger partial charge in [-0.3, -0.25) is 39.9 Å². The Bertz CT molecular complexity index is 6510. The molecule has 0 radical (unpaired) electrons. The number of fused-ring (bicyclic) bond motifs is 12. The van der Waals surface area contributed by atoms with Gasteiger partial charge in [0.25, 0.3) is 0 Å². The number of pyridine rings is 8. The molecule has 0 unspecified atom stereocenters. The van der Waals surface area contributed by atoms with E-state index in [-0.39, 0.29) is 71.4 Å². The average molecular weight is 1780 g/mol. The van der Waals surface area contributed by atoms with Crippen LogP contribution < -0.4 is 0 Å². The molecule has 1 aliphatic carbocycles. The smallest absolute Gasteiger partial charge is 0.779 e. The molecule has 19 heteroatoms. The Balaban J connectivity index is 0.000000134. The van der Waals surface area contributed by atoms with Gasteiger partial charge < -0.3 is 59.5 Å². The minimum atomic E-state index is 0. The van der Waals surface area contributed by atoms with Gasteiger partial charge in [-0.1, -0.05) is 212 Å². The van der Waals surface area contributed by atoms with E-state index in [4.69, 9.17) is 74.9 Å². The van der Waals surface area contributed by atoms with E-state index >= 15 is 0 Å². The Morgan fingerprint density at radius 1 is 0.325 bits per heavy atom. The minimum Gasteiger partial charge on any atom is -0.779 e. The molecule has 0 atom stereocenters. The summed E-state index contributed by atoms with van der Waals surface area (Å²) in [4.78, 5) is 41.0. The number of aromatic nitrogens is 9. The molecule has 11 heterocycles. The van der Waals surface area contributed by atoms with Gasteiger partial charge in [-0.25, -0.2) is 0 Å². The third-order valence-corrected chi connectivity index (χ3v) is 22.8. The van der Waals surface area contributed by atoms with Crippen LogP contribution in [0.4, 0.5) is 0 Å².